The molecule has 0 heterocycles. The summed E-state index contributed by atoms with van der Waals surface area (Å²) < 4.78 is 0. The summed E-state index contributed by atoms with van der Waals surface area (Å²) in [4.78, 5) is 219. The van der Waals surface area contributed by atoms with Gasteiger partial charge in [-0.2, -0.15) is 11.8 Å². The average molecular weight is 1670 g/mol. The molecular formula is C76H133N19O20S. The van der Waals surface area contributed by atoms with Gasteiger partial charge < -0.3 is 123 Å². The van der Waals surface area contributed by atoms with Crippen LogP contribution in [0.1, 0.15) is 179 Å². The van der Waals surface area contributed by atoms with Gasteiger partial charge in [0.15, 0.2) is 0 Å². The molecule has 39 nitrogen and oxygen atoms in total. The molecule has 1 aromatic rings. The number of primary amides is 1. The zero-order chi connectivity index (χ0) is 88.2. The van der Waals surface area contributed by atoms with E-state index in [0.29, 0.717) is 43.4 Å². The van der Waals surface area contributed by atoms with Gasteiger partial charge in [0, 0.05) is 13.3 Å². The molecule has 16 amide bonds. The van der Waals surface area contributed by atoms with Crippen LogP contribution < -0.4 is 103 Å². The van der Waals surface area contributed by atoms with Gasteiger partial charge in [-0.1, -0.05) is 78.3 Å². The molecule has 116 heavy (non-hydrogen) atoms. The Kier molecular flexibility index (Phi) is 50.1. The number of rotatable bonds is 57. The zero-order valence-electron chi connectivity index (χ0n) is 69.5. The summed E-state index contributed by atoms with van der Waals surface area (Å²) in [5, 5.41) is 80.1. The van der Waals surface area contributed by atoms with Gasteiger partial charge in [0.05, 0.1) is 31.0 Å². The highest BCUT2D eigenvalue weighted by atomic mass is 32.2. The second-order valence-electron chi connectivity index (χ2n) is 30.1. The van der Waals surface area contributed by atoms with E-state index in [-0.39, 0.29) is 89.3 Å². The Bertz CT molecular complexity index is 3340. The predicted molar refractivity (Wildman–Crippen MR) is 433 cm³/mol. The molecule has 0 aliphatic rings. The lowest BCUT2D eigenvalue weighted by atomic mass is 9.97. The minimum Gasteiger partial charge on any atom is -0.391 e. The number of hydrogen-bond acceptors (Lipinski definition) is 24. The smallest absolute Gasteiger partial charge is 0.245 e. The van der Waals surface area contributed by atoms with Crippen LogP contribution in [0, 0.1) is 17.8 Å². The molecule has 0 bridgehead atoms. The molecule has 0 aliphatic heterocycles. The molecule has 0 unspecified atom stereocenters. The Morgan fingerprint density at radius 1 is 0.371 bits per heavy atom. The maximum atomic E-state index is 14.4. The van der Waals surface area contributed by atoms with Gasteiger partial charge in [-0.25, -0.2) is 0 Å². The van der Waals surface area contributed by atoms with Crippen LogP contribution in [0.3, 0.4) is 0 Å². The Labute approximate surface area is 683 Å². The summed E-state index contributed by atoms with van der Waals surface area (Å²) in [6, 6.07) is -11.7. The lowest BCUT2D eigenvalue weighted by molar-refractivity contribution is -0.137. The summed E-state index contributed by atoms with van der Waals surface area (Å²) in [6.45, 7) is 18.8. The van der Waals surface area contributed by atoms with E-state index >= 15 is 0 Å². The van der Waals surface area contributed by atoms with E-state index in [1.807, 2.05) is 0 Å². The molecule has 1 aromatic carbocycles. The summed E-state index contributed by atoms with van der Waals surface area (Å²) in [6.07, 6.45) is -2.15. The first kappa shape index (κ1) is 105. The number of thioether (sulfide) groups is 1. The van der Waals surface area contributed by atoms with Gasteiger partial charge in [0.25, 0.3) is 0 Å². The first-order valence-electron chi connectivity index (χ1n) is 39.6. The lowest BCUT2D eigenvalue weighted by Crippen LogP contribution is -2.62. The Hall–Kier alpha value is -9.19. The molecule has 0 saturated carbocycles. The van der Waals surface area contributed by atoms with Gasteiger partial charge in [0.1, 0.15) is 84.6 Å². The Balaban J connectivity index is 3.46. The van der Waals surface area contributed by atoms with Crippen molar-refractivity contribution in [2.75, 3.05) is 38.2 Å². The number of amides is 16. The first-order valence-corrected chi connectivity index (χ1v) is 41.0. The Morgan fingerprint density at radius 3 is 1.09 bits per heavy atom. The molecule has 0 aliphatic carbocycles. The molecule has 0 saturated heterocycles. The Morgan fingerprint density at radius 2 is 0.698 bits per heavy atom. The van der Waals surface area contributed by atoms with Crippen molar-refractivity contribution in [3.8, 4) is 0 Å². The summed E-state index contributed by atoms with van der Waals surface area (Å²) in [5.41, 5.74) is 23.5. The summed E-state index contributed by atoms with van der Waals surface area (Å²) in [5.74, 6) is -15.0. The maximum Gasteiger partial charge on any atom is 0.245 e. The number of aliphatic hydroxyl groups is 4. The average Bonchev–Trinajstić information content (AvgIpc) is 0.855. The van der Waals surface area contributed by atoms with Crippen LogP contribution >= 0.6 is 11.8 Å². The van der Waals surface area contributed by atoms with E-state index in [0.717, 1.165) is 6.92 Å². The maximum absolute atomic E-state index is 14.4. The van der Waals surface area contributed by atoms with E-state index in [1.165, 1.54) is 53.3 Å². The number of benzene rings is 1. The third-order valence-corrected chi connectivity index (χ3v) is 19.3. The van der Waals surface area contributed by atoms with Crippen molar-refractivity contribution in [1.29, 1.82) is 0 Å². The van der Waals surface area contributed by atoms with Crippen molar-refractivity contribution in [2.24, 2.45) is 40.7 Å². The fraction of sp³-hybridized carbons (Fsp3) is 0.711. The highest BCUT2D eigenvalue weighted by Crippen LogP contribution is 2.15. The standard InChI is InChI=1S/C76H133N19O20S/c1-15-41(6)58(92-76(115)62(47(12)99)95-75(114)59(44(9)96)84-48(13)100)72(111)81-38-57(101)85-53(30-34-116-14)67(106)86-51(28-20-23-32-78)68(107)94-61(46(11)98)74(113)91-55(36-40(4)5)70(109)87-50(27-19-22-31-77)66(105)83-42(7)64(103)82-43(8)65(104)90-56(37-49-25-17-16-18-26-49)71(110)88-52(29-21-24-33-79)69(108)93-60(45(10)97)73(112)89-54(63(80)102)35-39(2)3/h16-18,25-26,39-47,50-56,58-62,96-99H,15,19-24,27-38,77-79H2,1-14H3,(H2,80,102)(H,81,111)(H,82,103)(H,83,105)(H,84,100)(H,85,101)(H,86,106)(H,87,109)(H,88,110)(H,89,112)(H,90,104)(H,91,113)(H,92,115)(H,93,108)(H,94,107)(H,95,114)/t41-,42-,43-,44+,45+,46+,47+,50-,51-,52-,53-,54-,55-,56-,58-,59-,60-,61-,62-/m0/s1. The van der Waals surface area contributed by atoms with Crippen molar-refractivity contribution in [3.63, 3.8) is 0 Å². The van der Waals surface area contributed by atoms with Crippen LogP contribution in [0.4, 0.5) is 0 Å². The normalized spacial score (nSPS) is 16.2. The second kappa shape index (κ2) is 55.4. The zero-order valence-corrected chi connectivity index (χ0v) is 70.3. The highest BCUT2D eigenvalue weighted by molar-refractivity contribution is 7.98. The molecular weight excluding hydrogens is 1530 g/mol. The van der Waals surface area contributed by atoms with Crippen molar-refractivity contribution in [2.45, 2.75) is 289 Å². The summed E-state index contributed by atoms with van der Waals surface area (Å²) in [7, 11) is 0. The molecule has 40 heteroatoms. The lowest BCUT2D eigenvalue weighted by Gasteiger charge is -2.29. The highest BCUT2D eigenvalue weighted by Gasteiger charge is 2.40. The van der Waals surface area contributed by atoms with Crippen LogP contribution in [-0.2, 0) is 83.1 Å². The van der Waals surface area contributed by atoms with Crippen LogP contribution in [0.25, 0.3) is 0 Å². The molecule has 658 valence electrons. The molecule has 0 spiro atoms. The van der Waals surface area contributed by atoms with Crippen LogP contribution in [-0.4, -0.2) is 262 Å². The fourth-order valence-corrected chi connectivity index (χ4v) is 12.2. The quantitative estimate of drug-likeness (QED) is 0.0271. The molecule has 0 fully saturated rings. The minimum absolute atomic E-state index is 0.00175. The van der Waals surface area contributed by atoms with Crippen molar-refractivity contribution >= 4 is 106 Å². The predicted octanol–water partition coefficient (Wildman–Crippen LogP) is -5.52. The number of carbonyl (C=O) groups excluding carboxylic acids is 16. The van der Waals surface area contributed by atoms with Crippen molar-refractivity contribution in [3.05, 3.63) is 35.9 Å². The SMILES string of the molecule is CC[C@H](C)[C@H](NC(=O)[C@@H](NC(=O)[C@@H](NC(C)=O)[C@@H](C)O)[C@@H](C)O)C(=O)NCC(=O)N[C@@H](CCSC)C(=O)N[C@@H](CCCCN)C(=O)N[C@H](C(=O)N[C@@H](CC(C)C)C(=O)N[C@@H](CCCCN)C(=O)N[C@@H](C)C(=O)N[C@@H](C)C(=O)N[C@@H](Cc1ccccc1)C(=O)N[C@@H](CCCCN)C(=O)N[C@H](C(=O)N[C@@H](CC(C)C)C(N)=O)[C@@H](C)O)[C@@H](C)O. The molecule has 1 rings (SSSR count). The number of aliphatic hydroxyl groups excluding tert-OH is 4. The number of nitrogens with one attached hydrogen (secondary N) is 15. The van der Waals surface area contributed by atoms with Crippen LogP contribution in [0.5, 0.6) is 0 Å². The molecule has 19 atom stereocenters. The van der Waals surface area contributed by atoms with Gasteiger partial charge in [-0.15, -0.1) is 0 Å². The second-order valence-corrected chi connectivity index (χ2v) is 31.1. The molecule has 0 aromatic heterocycles. The van der Waals surface area contributed by atoms with E-state index < -0.39 is 216 Å². The number of nitrogens with two attached hydrogens (primary N) is 4. The van der Waals surface area contributed by atoms with Crippen molar-refractivity contribution in [1.82, 2.24) is 79.8 Å². The van der Waals surface area contributed by atoms with E-state index in [9.17, 15) is 97.1 Å². The molecule has 0 radical (unpaired) electrons. The number of hydrogen-bond donors (Lipinski definition) is 23. The fourth-order valence-electron chi connectivity index (χ4n) is 11.7. The number of carbonyl (C=O) groups is 16. The van der Waals surface area contributed by atoms with Crippen molar-refractivity contribution < 1.29 is 97.1 Å². The first-order chi connectivity index (χ1) is 54.5. The van der Waals surface area contributed by atoms with Crippen LogP contribution in [0.2, 0.25) is 0 Å². The third kappa shape index (κ3) is 39.6. The number of unbranched alkanes of at least 4 members (excludes halogenated alkanes) is 3. The van der Waals surface area contributed by atoms with Gasteiger partial charge in [0.2, 0.25) is 94.5 Å². The third-order valence-electron chi connectivity index (χ3n) is 18.7. The van der Waals surface area contributed by atoms with Gasteiger partial charge in [-0.05, 0) is 174 Å². The van der Waals surface area contributed by atoms with E-state index in [1.54, 1.807) is 78.1 Å². The van der Waals surface area contributed by atoms with Gasteiger partial charge >= 0.3 is 0 Å². The molecule has 27 N–H and O–H groups in total. The van der Waals surface area contributed by atoms with E-state index in [4.69, 9.17) is 22.9 Å². The van der Waals surface area contributed by atoms with E-state index in [2.05, 4.69) is 79.8 Å². The van der Waals surface area contributed by atoms with Crippen LogP contribution in [0.15, 0.2) is 30.3 Å². The summed E-state index contributed by atoms with van der Waals surface area (Å²) >= 11 is 1.32. The van der Waals surface area contributed by atoms with Gasteiger partial charge in [-0.3, -0.25) is 76.7 Å². The topological polar surface area (TPSA) is 639 Å². The minimum atomic E-state index is -1.78. The largest absolute Gasteiger partial charge is 0.391 e. The monoisotopic (exact) mass is 1660 g/mol.